The molecule has 0 aliphatic heterocycles. The van der Waals surface area contributed by atoms with E-state index in [9.17, 15) is 0 Å². The fraction of sp³-hybridized carbons (Fsp3) is 0.250. The van der Waals surface area contributed by atoms with Crippen LogP contribution >= 0.6 is 11.3 Å². The molecule has 0 amide bonds. The molecule has 96 valence electrons. The minimum atomic E-state index is 0.942. The summed E-state index contributed by atoms with van der Waals surface area (Å²) in [7, 11) is 3.90. The van der Waals surface area contributed by atoms with E-state index in [-0.39, 0.29) is 0 Å². The molecule has 0 N–H and O–H groups in total. The molecule has 0 saturated carbocycles. The van der Waals surface area contributed by atoms with Crippen LogP contribution in [0.1, 0.15) is 10.4 Å². The summed E-state index contributed by atoms with van der Waals surface area (Å²) in [5.41, 5.74) is 5.59. The SMILES string of the molecule is COc1ccc2c(c1)c1c(n2C)-c2ccsc2CC1. The predicted molar refractivity (Wildman–Crippen MR) is 80.2 cm³/mol. The molecule has 0 atom stereocenters. The van der Waals surface area contributed by atoms with Crippen LogP contribution in [0.2, 0.25) is 0 Å². The number of hydrogen-bond acceptors (Lipinski definition) is 2. The maximum Gasteiger partial charge on any atom is 0.119 e. The third-order valence-electron chi connectivity index (χ3n) is 4.11. The van der Waals surface area contributed by atoms with E-state index in [1.54, 1.807) is 7.11 Å². The molecular weight excluding hydrogens is 254 g/mol. The number of fused-ring (bicyclic) bond motifs is 5. The molecule has 3 aromatic rings. The van der Waals surface area contributed by atoms with E-state index in [4.69, 9.17) is 4.74 Å². The van der Waals surface area contributed by atoms with Crippen molar-refractivity contribution < 1.29 is 4.74 Å². The molecule has 0 saturated heterocycles. The number of thiophene rings is 1. The van der Waals surface area contributed by atoms with Gasteiger partial charge in [0.05, 0.1) is 12.8 Å². The molecule has 0 bridgehead atoms. The van der Waals surface area contributed by atoms with Gasteiger partial charge in [0.25, 0.3) is 0 Å². The van der Waals surface area contributed by atoms with Crippen LogP contribution in [0.5, 0.6) is 5.75 Å². The summed E-state index contributed by atoms with van der Waals surface area (Å²) in [6.07, 6.45) is 2.30. The topological polar surface area (TPSA) is 14.2 Å². The van der Waals surface area contributed by atoms with Gasteiger partial charge >= 0.3 is 0 Å². The summed E-state index contributed by atoms with van der Waals surface area (Å²) in [5, 5.41) is 3.55. The van der Waals surface area contributed by atoms with E-state index in [1.165, 1.54) is 32.6 Å². The quantitative estimate of drug-likeness (QED) is 0.651. The monoisotopic (exact) mass is 269 g/mol. The molecule has 2 heterocycles. The summed E-state index contributed by atoms with van der Waals surface area (Å²) in [6.45, 7) is 0. The van der Waals surface area contributed by atoms with E-state index in [2.05, 4.69) is 35.2 Å². The summed E-state index contributed by atoms with van der Waals surface area (Å²) < 4.78 is 7.70. The van der Waals surface area contributed by atoms with Crippen LogP contribution in [0.25, 0.3) is 22.2 Å². The molecule has 2 nitrogen and oxygen atoms in total. The number of ether oxygens (including phenoxy) is 1. The minimum absolute atomic E-state index is 0.942. The number of benzene rings is 1. The predicted octanol–water partition coefficient (Wildman–Crippen LogP) is 4.01. The summed E-state index contributed by atoms with van der Waals surface area (Å²) in [4.78, 5) is 1.52. The molecule has 0 spiro atoms. The van der Waals surface area contributed by atoms with Crippen molar-refractivity contribution in [2.24, 2.45) is 7.05 Å². The van der Waals surface area contributed by atoms with Crippen molar-refractivity contribution in [2.75, 3.05) is 7.11 Å². The standard InChI is InChI=1S/C16H15NOS/c1-17-14-5-3-10(18-2)9-13(14)11-4-6-15-12(16(11)17)7-8-19-15/h3,5,7-9H,4,6H2,1-2H3. The summed E-state index contributed by atoms with van der Waals surface area (Å²) in [5.74, 6) is 0.942. The van der Waals surface area contributed by atoms with Gasteiger partial charge in [-0.2, -0.15) is 0 Å². The van der Waals surface area contributed by atoms with Gasteiger partial charge in [0.2, 0.25) is 0 Å². The molecule has 1 aromatic carbocycles. The van der Waals surface area contributed by atoms with Gasteiger partial charge in [-0.25, -0.2) is 0 Å². The fourth-order valence-electron chi connectivity index (χ4n) is 3.21. The van der Waals surface area contributed by atoms with Crippen LogP contribution in [0, 0.1) is 0 Å². The Morgan fingerprint density at radius 3 is 2.95 bits per heavy atom. The van der Waals surface area contributed by atoms with E-state index in [0.29, 0.717) is 0 Å². The molecule has 1 aliphatic rings. The Bertz CT molecular complexity index is 781. The van der Waals surface area contributed by atoms with Crippen molar-refractivity contribution in [3.05, 3.63) is 40.1 Å². The lowest BCUT2D eigenvalue weighted by molar-refractivity contribution is 0.415. The molecule has 0 fully saturated rings. The highest BCUT2D eigenvalue weighted by Gasteiger charge is 2.23. The second-order valence-electron chi connectivity index (χ2n) is 5.03. The normalized spacial score (nSPS) is 13.4. The molecule has 1 aliphatic carbocycles. The number of aryl methyl sites for hydroxylation is 3. The van der Waals surface area contributed by atoms with Gasteiger partial charge in [0.1, 0.15) is 5.75 Å². The Morgan fingerprint density at radius 2 is 2.11 bits per heavy atom. The first kappa shape index (κ1) is 11.1. The van der Waals surface area contributed by atoms with E-state index >= 15 is 0 Å². The lowest BCUT2D eigenvalue weighted by Gasteiger charge is -2.14. The average Bonchev–Trinajstić information content (AvgIpc) is 3.02. The van der Waals surface area contributed by atoms with Crippen molar-refractivity contribution in [1.82, 2.24) is 4.57 Å². The van der Waals surface area contributed by atoms with Crippen molar-refractivity contribution >= 4 is 22.2 Å². The molecule has 19 heavy (non-hydrogen) atoms. The first-order valence-electron chi connectivity index (χ1n) is 6.51. The van der Waals surface area contributed by atoms with E-state index in [1.807, 2.05) is 17.4 Å². The number of methoxy groups -OCH3 is 1. The number of rotatable bonds is 1. The number of nitrogens with zero attached hydrogens (tertiary/aromatic N) is 1. The van der Waals surface area contributed by atoms with Crippen LogP contribution in [0.3, 0.4) is 0 Å². The van der Waals surface area contributed by atoms with Crippen molar-refractivity contribution in [3.63, 3.8) is 0 Å². The highest BCUT2D eigenvalue weighted by molar-refractivity contribution is 7.10. The van der Waals surface area contributed by atoms with Gasteiger partial charge in [0, 0.05) is 28.4 Å². The largest absolute Gasteiger partial charge is 0.497 e. The second kappa shape index (κ2) is 3.87. The Kier molecular flexibility index (Phi) is 2.27. The highest BCUT2D eigenvalue weighted by atomic mass is 32.1. The third-order valence-corrected chi connectivity index (χ3v) is 5.09. The zero-order valence-corrected chi connectivity index (χ0v) is 11.9. The Morgan fingerprint density at radius 1 is 1.21 bits per heavy atom. The van der Waals surface area contributed by atoms with Gasteiger partial charge < -0.3 is 9.30 Å². The maximum atomic E-state index is 5.37. The molecular formula is C16H15NOS. The lowest BCUT2D eigenvalue weighted by atomic mass is 9.95. The van der Waals surface area contributed by atoms with Gasteiger partial charge in [0.15, 0.2) is 0 Å². The molecule has 4 rings (SSSR count). The van der Waals surface area contributed by atoms with Crippen LogP contribution in [-0.2, 0) is 19.9 Å². The lowest BCUT2D eigenvalue weighted by Crippen LogP contribution is -2.02. The first-order valence-corrected chi connectivity index (χ1v) is 7.39. The number of aromatic nitrogens is 1. The molecule has 0 unspecified atom stereocenters. The highest BCUT2D eigenvalue weighted by Crippen LogP contribution is 2.42. The fourth-order valence-corrected chi connectivity index (χ4v) is 4.09. The molecule has 3 heteroatoms. The smallest absolute Gasteiger partial charge is 0.119 e. The van der Waals surface area contributed by atoms with Crippen molar-refractivity contribution in [2.45, 2.75) is 12.8 Å². The zero-order chi connectivity index (χ0) is 13.0. The van der Waals surface area contributed by atoms with Gasteiger partial charge in [-0.1, -0.05) is 0 Å². The van der Waals surface area contributed by atoms with Crippen LogP contribution < -0.4 is 4.74 Å². The van der Waals surface area contributed by atoms with Gasteiger partial charge in [-0.15, -0.1) is 11.3 Å². The Balaban J connectivity index is 2.10. The minimum Gasteiger partial charge on any atom is -0.497 e. The Hall–Kier alpha value is -1.74. The maximum absolute atomic E-state index is 5.37. The Labute approximate surface area is 116 Å². The average molecular weight is 269 g/mol. The van der Waals surface area contributed by atoms with Gasteiger partial charge in [-0.05, 0) is 48.1 Å². The summed E-state index contributed by atoms with van der Waals surface area (Å²) >= 11 is 1.88. The van der Waals surface area contributed by atoms with Gasteiger partial charge in [-0.3, -0.25) is 0 Å². The van der Waals surface area contributed by atoms with Crippen LogP contribution in [0.4, 0.5) is 0 Å². The summed E-state index contributed by atoms with van der Waals surface area (Å²) in [6, 6.07) is 8.64. The first-order chi connectivity index (χ1) is 9.29. The molecule has 0 radical (unpaired) electrons. The molecule has 2 aromatic heterocycles. The zero-order valence-electron chi connectivity index (χ0n) is 11.1. The van der Waals surface area contributed by atoms with Crippen LogP contribution in [0.15, 0.2) is 29.6 Å². The third kappa shape index (κ3) is 1.42. The van der Waals surface area contributed by atoms with Crippen LogP contribution in [-0.4, -0.2) is 11.7 Å². The van der Waals surface area contributed by atoms with E-state index < -0.39 is 0 Å². The van der Waals surface area contributed by atoms with Crippen molar-refractivity contribution in [1.29, 1.82) is 0 Å². The van der Waals surface area contributed by atoms with Crippen molar-refractivity contribution in [3.8, 4) is 17.0 Å². The second-order valence-corrected chi connectivity index (χ2v) is 6.03. The van der Waals surface area contributed by atoms with E-state index in [0.717, 1.165) is 18.6 Å². The number of hydrogen-bond donors (Lipinski definition) is 0.